The molecule has 4 aliphatic rings. The third kappa shape index (κ3) is 4.07. The Morgan fingerprint density at radius 1 is 1.07 bits per heavy atom. The lowest BCUT2D eigenvalue weighted by Crippen LogP contribution is -2.74. The summed E-state index contributed by atoms with van der Waals surface area (Å²) in [7, 11) is 8.93. The second-order valence-electron chi connectivity index (χ2n) is 13.1. The van der Waals surface area contributed by atoms with Gasteiger partial charge in [0.15, 0.2) is 34.7 Å². The van der Waals surface area contributed by atoms with Crippen LogP contribution in [0, 0.1) is 23.7 Å². The zero-order valence-electron chi connectivity index (χ0n) is 24.6. The summed E-state index contributed by atoms with van der Waals surface area (Å²) in [6.45, 7) is 2.76. The number of anilines is 1. The molecule has 6 atom stereocenters. The molecule has 0 bridgehead atoms. The number of hydrogen-bond donors (Lipinski definition) is 3. The highest BCUT2D eigenvalue weighted by Crippen LogP contribution is 2.52. The molecule has 1 amide bonds. The zero-order valence-corrected chi connectivity index (χ0v) is 24.6. The molecule has 222 valence electrons. The molecule has 3 fully saturated rings. The molecular formula is C30H40N4O7. The largest absolute Gasteiger partial charge is 0.507 e. The molecule has 0 radical (unpaired) electrons. The Morgan fingerprint density at radius 2 is 1.71 bits per heavy atom. The number of phenolic OH excluding ortho intramolecular Hbond substituents is 1. The van der Waals surface area contributed by atoms with Gasteiger partial charge >= 0.3 is 0 Å². The smallest absolute Gasteiger partial charge is 0.235 e. The average Bonchev–Trinajstić information content (AvgIpc) is 2.83. The van der Waals surface area contributed by atoms with E-state index in [1.54, 1.807) is 20.2 Å². The highest BCUT2D eigenvalue weighted by molar-refractivity contribution is 6.32. The predicted octanol–water partition coefficient (Wildman–Crippen LogP) is 0.307. The average molecular weight is 569 g/mol. The maximum Gasteiger partial charge on any atom is 0.235 e. The summed E-state index contributed by atoms with van der Waals surface area (Å²) in [5.41, 5.74) is 4.99. The Bertz CT molecular complexity index is 1370. The van der Waals surface area contributed by atoms with E-state index < -0.39 is 64.4 Å². The summed E-state index contributed by atoms with van der Waals surface area (Å²) in [5.74, 6) is -10.4. The van der Waals surface area contributed by atoms with Crippen LogP contribution in [0.3, 0.4) is 0 Å². The van der Waals surface area contributed by atoms with E-state index in [0.717, 1.165) is 30.5 Å². The van der Waals surface area contributed by atoms with Crippen molar-refractivity contribution in [3.63, 3.8) is 0 Å². The van der Waals surface area contributed by atoms with Crippen molar-refractivity contribution in [3.05, 3.63) is 22.8 Å². The minimum atomic E-state index is -2.72. The van der Waals surface area contributed by atoms with Gasteiger partial charge in [-0.1, -0.05) is 0 Å². The number of hydrogen-bond acceptors (Lipinski definition) is 10. The number of aliphatic hydroxyl groups is 1. The van der Waals surface area contributed by atoms with Crippen LogP contribution in [0.1, 0.15) is 54.1 Å². The van der Waals surface area contributed by atoms with E-state index in [0.29, 0.717) is 12.1 Å². The van der Waals surface area contributed by atoms with Crippen molar-refractivity contribution in [1.29, 1.82) is 0 Å². The molecule has 41 heavy (non-hydrogen) atoms. The molecule has 1 aromatic carbocycles. The number of rotatable bonds is 6. The van der Waals surface area contributed by atoms with Crippen molar-refractivity contribution < 1.29 is 34.2 Å². The molecule has 0 saturated heterocycles. The molecule has 5 rings (SSSR count). The van der Waals surface area contributed by atoms with Crippen LogP contribution in [0.2, 0.25) is 0 Å². The molecule has 4 aliphatic carbocycles. The second kappa shape index (κ2) is 9.71. The minimum absolute atomic E-state index is 0.0153. The second-order valence-corrected chi connectivity index (χ2v) is 13.1. The predicted molar refractivity (Wildman–Crippen MR) is 149 cm³/mol. The number of Topliss-reactive ketones (excluding diaryl/α,β-unsaturated/α-hetero) is 4. The normalized spacial score (nSPS) is 32.4. The lowest BCUT2D eigenvalue weighted by Gasteiger charge is -2.52. The quantitative estimate of drug-likeness (QED) is 0.407. The molecule has 4 N–H and O–H groups in total. The topological polar surface area (TPSA) is 162 Å². The van der Waals surface area contributed by atoms with E-state index in [1.165, 1.54) is 4.90 Å². The molecular weight excluding hydrogens is 528 g/mol. The molecule has 3 saturated carbocycles. The fourth-order valence-electron chi connectivity index (χ4n) is 7.92. The lowest BCUT2D eigenvalue weighted by molar-refractivity contribution is -0.181. The van der Waals surface area contributed by atoms with Gasteiger partial charge in [0.25, 0.3) is 0 Å². The summed E-state index contributed by atoms with van der Waals surface area (Å²) in [6, 6.07) is 0.451. The molecule has 0 aromatic heterocycles. The van der Waals surface area contributed by atoms with Gasteiger partial charge in [-0.2, -0.15) is 0 Å². The first-order valence-corrected chi connectivity index (χ1v) is 14.2. The van der Waals surface area contributed by atoms with Gasteiger partial charge in [0.1, 0.15) is 5.75 Å². The van der Waals surface area contributed by atoms with Crippen molar-refractivity contribution in [2.45, 2.75) is 62.8 Å². The standard InChI is InChI=1S/C30H40N4O7/c1-29(8-7-9-29)34(6)13-15-12-18(35)20-16(22(15)32(2)3)10-14-11-17-23(33(4)5)25(37)21(28(31)40)27(39)30(17,41)26(38)19(14)24(20)36/h12,14,17,19,21,23,35,41H,7-11,13H2,1-6H3,(H2,31,40)/t14-,17-,19?,21?,23-,30-/m0/s1. The first-order valence-electron chi connectivity index (χ1n) is 14.2. The van der Waals surface area contributed by atoms with Crippen molar-refractivity contribution in [3.8, 4) is 5.75 Å². The summed E-state index contributed by atoms with van der Waals surface area (Å²) < 4.78 is 0. The summed E-state index contributed by atoms with van der Waals surface area (Å²) in [5, 5.41) is 22.9. The van der Waals surface area contributed by atoms with Crippen LogP contribution in [0.4, 0.5) is 5.69 Å². The van der Waals surface area contributed by atoms with Gasteiger partial charge in [0.05, 0.1) is 17.5 Å². The minimum Gasteiger partial charge on any atom is -0.507 e. The van der Waals surface area contributed by atoms with E-state index in [2.05, 4.69) is 18.9 Å². The van der Waals surface area contributed by atoms with Gasteiger partial charge in [0.2, 0.25) is 5.91 Å². The van der Waals surface area contributed by atoms with Crippen LogP contribution >= 0.6 is 0 Å². The zero-order chi connectivity index (χ0) is 30.3. The molecule has 1 aromatic rings. The monoisotopic (exact) mass is 568 g/mol. The van der Waals surface area contributed by atoms with Crippen molar-refractivity contribution in [1.82, 2.24) is 9.80 Å². The van der Waals surface area contributed by atoms with Crippen LogP contribution in [0.5, 0.6) is 5.75 Å². The first kappa shape index (κ1) is 29.3. The summed E-state index contributed by atoms with van der Waals surface area (Å²) in [6.07, 6.45) is 3.58. The highest BCUT2D eigenvalue weighted by atomic mass is 16.3. The maximum atomic E-state index is 14.0. The molecule has 0 spiro atoms. The maximum absolute atomic E-state index is 14.0. The molecule has 11 nitrogen and oxygen atoms in total. The van der Waals surface area contributed by atoms with Gasteiger partial charge in [-0.25, -0.2) is 0 Å². The molecule has 2 unspecified atom stereocenters. The van der Waals surface area contributed by atoms with Crippen molar-refractivity contribution >= 4 is 34.7 Å². The van der Waals surface area contributed by atoms with Gasteiger partial charge < -0.3 is 20.8 Å². The number of benzene rings is 1. The van der Waals surface area contributed by atoms with Gasteiger partial charge in [-0.15, -0.1) is 0 Å². The number of phenols is 1. The Hall–Kier alpha value is -3.15. The van der Waals surface area contributed by atoms with Crippen molar-refractivity contribution in [2.24, 2.45) is 29.4 Å². The Balaban J connectivity index is 1.61. The van der Waals surface area contributed by atoms with Crippen LogP contribution in [-0.4, -0.2) is 101 Å². The number of primary amides is 1. The number of likely N-dealkylation sites (N-methyl/N-ethyl adjacent to an activating group) is 1. The number of nitrogens with two attached hydrogens (primary N) is 1. The van der Waals surface area contributed by atoms with E-state index in [-0.39, 0.29) is 29.7 Å². The number of aromatic hydroxyl groups is 1. The van der Waals surface area contributed by atoms with Crippen LogP contribution < -0.4 is 10.6 Å². The van der Waals surface area contributed by atoms with Gasteiger partial charge in [-0.3, -0.25) is 33.8 Å². The fraction of sp³-hybridized carbons (Fsp3) is 0.633. The number of ketones is 4. The van der Waals surface area contributed by atoms with E-state index in [1.807, 2.05) is 19.0 Å². The molecule has 0 aliphatic heterocycles. The fourth-order valence-corrected chi connectivity index (χ4v) is 7.92. The lowest BCUT2D eigenvalue weighted by atomic mass is 9.52. The Morgan fingerprint density at radius 3 is 2.22 bits per heavy atom. The first-order chi connectivity index (χ1) is 19.1. The molecule has 11 heteroatoms. The number of fused-ring (bicyclic) bond motifs is 3. The Kier molecular flexibility index (Phi) is 6.95. The summed E-state index contributed by atoms with van der Waals surface area (Å²) >= 11 is 0. The number of carbonyl (C=O) groups excluding carboxylic acids is 5. The van der Waals surface area contributed by atoms with Crippen molar-refractivity contribution in [2.75, 3.05) is 40.1 Å². The number of nitrogens with zero attached hydrogens (tertiary/aromatic N) is 3. The van der Waals surface area contributed by atoms with E-state index >= 15 is 0 Å². The summed E-state index contributed by atoms with van der Waals surface area (Å²) in [4.78, 5) is 72.6. The van der Waals surface area contributed by atoms with E-state index in [9.17, 15) is 34.2 Å². The highest BCUT2D eigenvalue weighted by Gasteiger charge is 2.69. The number of carbonyl (C=O) groups is 5. The third-order valence-electron chi connectivity index (χ3n) is 10.3. The number of amides is 1. The van der Waals surface area contributed by atoms with Crippen LogP contribution in [-0.2, 0) is 32.1 Å². The SMILES string of the molecule is CN(C)c1c(CN(C)C2(C)CCC2)cc(O)c2c1C[C@H]1C[C@H]3[C@H](N(C)C)C(=O)C(C(N)=O)C(=O)[C@@]3(O)C(=O)C1C2=O. The van der Waals surface area contributed by atoms with E-state index in [4.69, 9.17) is 5.73 Å². The van der Waals surface area contributed by atoms with Gasteiger partial charge in [0, 0.05) is 37.8 Å². The Labute approximate surface area is 239 Å². The molecule has 0 heterocycles. The van der Waals surface area contributed by atoms with Crippen LogP contribution in [0.25, 0.3) is 0 Å². The van der Waals surface area contributed by atoms with Gasteiger partial charge in [-0.05, 0) is 83.3 Å². The third-order valence-corrected chi connectivity index (χ3v) is 10.3. The van der Waals surface area contributed by atoms with Crippen LogP contribution in [0.15, 0.2) is 6.07 Å².